The van der Waals surface area contributed by atoms with E-state index in [1.807, 2.05) is 6.26 Å². The van der Waals surface area contributed by atoms with Crippen LogP contribution >= 0.6 is 23.1 Å². The van der Waals surface area contributed by atoms with Crippen LogP contribution in [0.2, 0.25) is 0 Å². The van der Waals surface area contributed by atoms with Crippen LogP contribution < -0.4 is 10.9 Å². The molecular weight excluding hydrogens is 396 g/mol. The first-order chi connectivity index (χ1) is 12.3. The van der Waals surface area contributed by atoms with Gasteiger partial charge in [0.1, 0.15) is 11.5 Å². The number of fused-ring (bicyclic) bond motifs is 1. The highest BCUT2D eigenvalue weighted by Crippen LogP contribution is 2.28. The maximum atomic E-state index is 12.4. The zero-order chi connectivity index (χ0) is 18.9. The Kier molecular flexibility index (Phi) is 5.12. The van der Waals surface area contributed by atoms with E-state index in [2.05, 4.69) is 20.3 Å². The molecule has 0 unspecified atom stereocenters. The molecule has 2 aromatic heterocycles. The second-order valence-corrected chi connectivity index (χ2v) is 9.30. The van der Waals surface area contributed by atoms with Crippen LogP contribution in [0.5, 0.6) is 0 Å². The van der Waals surface area contributed by atoms with Gasteiger partial charge in [0.25, 0.3) is 11.5 Å². The molecule has 11 heteroatoms. The van der Waals surface area contributed by atoms with Crippen LogP contribution in [0, 0.1) is 0 Å². The van der Waals surface area contributed by atoms with E-state index in [-0.39, 0.29) is 10.6 Å². The molecule has 0 saturated carbocycles. The Bertz CT molecular complexity index is 1150. The lowest BCUT2D eigenvalue weighted by molar-refractivity contribution is 0.102. The molecule has 26 heavy (non-hydrogen) atoms. The first-order valence-electron chi connectivity index (χ1n) is 7.27. The molecule has 3 aromatic rings. The van der Waals surface area contributed by atoms with Crippen molar-refractivity contribution in [2.24, 2.45) is 0 Å². The fraction of sp³-hybridized carbons (Fsp3) is 0.200. The first kappa shape index (κ1) is 18.5. The van der Waals surface area contributed by atoms with Crippen LogP contribution in [-0.4, -0.2) is 41.8 Å². The van der Waals surface area contributed by atoms with Gasteiger partial charge in [0.2, 0.25) is 0 Å². The summed E-state index contributed by atoms with van der Waals surface area (Å²) in [6, 6.07) is 5.68. The number of amides is 1. The SMILES string of the molecule is CSCc1nc(C(=O)Nc2nc3ccc(S(C)(=O)=O)cc3s2)cc(=O)[nH]1. The largest absolute Gasteiger partial charge is 0.310 e. The first-order valence-corrected chi connectivity index (χ1v) is 11.4. The number of thiazole rings is 1. The summed E-state index contributed by atoms with van der Waals surface area (Å²) < 4.78 is 23.9. The Labute approximate surface area is 157 Å². The van der Waals surface area contributed by atoms with Crippen molar-refractivity contribution in [3.8, 4) is 0 Å². The van der Waals surface area contributed by atoms with Gasteiger partial charge in [-0.1, -0.05) is 11.3 Å². The Morgan fingerprint density at radius 1 is 1.31 bits per heavy atom. The minimum absolute atomic E-state index is 0.00567. The molecule has 0 radical (unpaired) electrons. The average molecular weight is 411 g/mol. The Balaban J connectivity index is 1.89. The standard InChI is InChI=1S/C15H14N4O4S3/c1-24-7-12-16-10(6-13(20)18-12)14(21)19-15-17-9-4-3-8(26(2,22)23)5-11(9)25-15/h3-6H,7H2,1-2H3,(H,16,18,20)(H,17,19,21). The summed E-state index contributed by atoms with van der Waals surface area (Å²) in [6.45, 7) is 0. The van der Waals surface area contributed by atoms with E-state index in [9.17, 15) is 18.0 Å². The molecule has 2 heterocycles. The molecule has 0 bridgehead atoms. The molecule has 136 valence electrons. The molecule has 0 aliphatic heterocycles. The maximum Gasteiger partial charge on any atom is 0.276 e. The molecule has 0 saturated heterocycles. The number of H-pyrrole nitrogens is 1. The van der Waals surface area contributed by atoms with Gasteiger partial charge in [-0.15, -0.1) is 0 Å². The number of nitrogens with one attached hydrogen (secondary N) is 2. The number of benzene rings is 1. The van der Waals surface area contributed by atoms with Crippen molar-refractivity contribution >= 4 is 54.2 Å². The molecule has 0 aliphatic rings. The van der Waals surface area contributed by atoms with Crippen molar-refractivity contribution in [3.63, 3.8) is 0 Å². The van der Waals surface area contributed by atoms with Gasteiger partial charge in [0.05, 0.1) is 20.9 Å². The predicted octanol–water partition coefficient (Wildman–Crippen LogP) is 1.90. The summed E-state index contributed by atoms with van der Waals surface area (Å²) in [4.78, 5) is 35.2. The highest BCUT2D eigenvalue weighted by atomic mass is 32.2. The highest BCUT2D eigenvalue weighted by Gasteiger charge is 2.15. The summed E-state index contributed by atoms with van der Waals surface area (Å²) in [5.74, 6) is 0.337. The third-order valence-electron chi connectivity index (χ3n) is 3.31. The number of aromatic nitrogens is 3. The predicted molar refractivity (Wildman–Crippen MR) is 103 cm³/mol. The second kappa shape index (κ2) is 7.17. The number of carbonyl (C=O) groups is 1. The normalized spacial score (nSPS) is 11.6. The lowest BCUT2D eigenvalue weighted by atomic mass is 10.3. The lowest BCUT2D eigenvalue weighted by Crippen LogP contribution is -2.20. The van der Waals surface area contributed by atoms with Crippen molar-refractivity contribution in [2.75, 3.05) is 17.8 Å². The van der Waals surface area contributed by atoms with Crippen molar-refractivity contribution in [3.05, 3.63) is 46.1 Å². The van der Waals surface area contributed by atoms with E-state index in [1.54, 1.807) is 6.07 Å². The van der Waals surface area contributed by atoms with E-state index in [1.165, 1.54) is 23.9 Å². The Hall–Kier alpha value is -2.24. The van der Waals surface area contributed by atoms with Gasteiger partial charge in [0.15, 0.2) is 15.0 Å². The van der Waals surface area contributed by atoms with Gasteiger partial charge in [-0.25, -0.2) is 18.4 Å². The lowest BCUT2D eigenvalue weighted by Gasteiger charge is -2.03. The van der Waals surface area contributed by atoms with Gasteiger partial charge in [0, 0.05) is 12.3 Å². The number of thioether (sulfide) groups is 1. The molecule has 2 N–H and O–H groups in total. The number of hydrogen-bond acceptors (Lipinski definition) is 8. The molecule has 0 aliphatic carbocycles. The molecule has 8 nitrogen and oxygen atoms in total. The van der Waals surface area contributed by atoms with Gasteiger partial charge >= 0.3 is 0 Å². The monoisotopic (exact) mass is 410 g/mol. The van der Waals surface area contributed by atoms with Crippen molar-refractivity contribution < 1.29 is 13.2 Å². The van der Waals surface area contributed by atoms with Crippen LogP contribution in [0.3, 0.4) is 0 Å². The van der Waals surface area contributed by atoms with Gasteiger partial charge in [-0.3, -0.25) is 14.9 Å². The number of rotatable bonds is 5. The van der Waals surface area contributed by atoms with Crippen molar-refractivity contribution in [1.29, 1.82) is 0 Å². The van der Waals surface area contributed by atoms with E-state index in [4.69, 9.17) is 0 Å². The number of carbonyl (C=O) groups excluding carboxylic acids is 1. The summed E-state index contributed by atoms with van der Waals surface area (Å²) >= 11 is 2.61. The molecule has 1 aromatic carbocycles. The maximum absolute atomic E-state index is 12.4. The summed E-state index contributed by atoms with van der Waals surface area (Å²) in [7, 11) is -3.32. The van der Waals surface area contributed by atoms with Gasteiger partial charge < -0.3 is 4.98 Å². The third-order valence-corrected chi connectivity index (χ3v) is 5.92. The van der Waals surface area contributed by atoms with Gasteiger partial charge in [-0.2, -0.15) is 11.8 Å². The van der Waals surface area contributed by atoms with Crippen LogP contribution in [0.15, 0.2) is 34.0 Å². The summed E-state index contributed by atoms with van der Waals surface area (Å²) in [6.07, 6.45) is 2.99. The molecule has 0 atom stereocenters. The van der Waals surface area contributed by atoms with Crippen LogP contribution in [0.1, 0.15) is 16.3 Å². The van der Waals surface area contributed by atoms with Gasteiger partial charge in [-0.05, 0) is 24.5 Å². The number of aromatic amines is 1. The topological polar surface area (TPSA) is 122 Å². The molecule has 0 fully saturated rings. The van der Waals surface area contributed by atoms with Crippen LogP contribution in [0.4, 0.5) is 5.13 Å². The van der Waals surface area contributed by atoms with E-state index < -0.39 is 21.3 Å². The minimum Gasteiger partial charge on any atom is -0.310 e. The number of hydrogen-bond donors (Lipinski definition) is 2. The Morgan fingerprint density at radius 2 is 2.08 bits per heavy atom. The molecule has 0 spiro atoms. The zero-order valence-corrected chi connectivity index (χ0v) is 16.2. The fourth-order valence-electron chi connectivity index (χ4n) is 2.18. The zero-order valence-electron chi connectivity index (χ0n) is 13.8. The Morgan fingerprint density at radius 3 is 2.77 bits per heavy atom. The number of anilines is 1. The van der Waals surface area contributed by atoms with E-state index >= 15 is 0 Å². The summed E-state index contributed by atoms with van der Waals surface area (Å²) in [5.41, 5.74) is 0.157. The number of nitrogens with zero attached hydrogens (tertiary/aromatic N) is 2. The number of sulfone groups is 1. The van der Waals surface area contributed by atoms with Crippen LogP contribution in [-0.2, 0) is 15.6 Å². The van der Waals surface area contributed by atoms with Crippen LogP contribution in [0.25, 0.3) is 10.2 Å². The second-order valence-electron chi connectivity index (χ2n) is 5.39. The third kappa shape index (κ3) is 4.11. The molecule has 3 rings (SSSR count). The summed E-state index contributed by atoms with van der Waals surface area (Å²) in [5, 5.41) is 2.89. The molecule has 1 amide bonds. The van der Waals surface area contributed by atoms with Crippen molar-refractivity contribution in [2.45, 2.75) is 10.6 Å². The minimum atomic E-state index is -3.32. The highest BCUT2D eigenvalue weighted by molar-refractivity contribution is 7.97. The van der Waals surface area contributed by atoms with E-state index in [0.29, 0.717) is 26.9 Å². The average Bonchev–Trinajstić information content (AvgIpc) is 2.95. The van der Waals surface area contributed by atoms with Crippen molar-refractivity contribution in [1.82, 2.24) is 15.0 Å². The quantitative estimate of drug-likeness (QED) is 0.659. The fourth-order valence-corrected chi connectivity index (χ4v) is 4.21. The smallest absolute Gasteiger partial charge is 0.276 e. The molecular formula is C15H14N4O4S3. The van der Waals surface area contributed by atoms with E-state index in [0.717, 1.165) is 23.7 Å².